The number of sulfonamides is 1. The highest BCUT2D eigenvalue weighted by molar-refractivity contribution is 7.89. The molecule has 1 aliphatic rings. The van der Waals surface area contributed by atoms with Crippen molar-refractivity contribution in [3.8, 4) is 11.5 Å². The molecule has 1 atom stereocenters. The second-order valence-electron chi connectivity index (χ2n) is 9.64. The Hall–Kier alpha value is -2.17. The second-order valence-corrected chi connectivity index (χ2v) is 11.4. The lowest BCUT2D eigenvalue weighted by molar-refractivity contribution is 0.0590. The molecule has 1 aliphatic heterocycles. The fraction of sp³-hybridized carbons (Fsp3) is 0.571. The largest absolute Gasteiger partial charge is 0.487 e. The molecule has 0 radical (unpaired) electrons. The van der Waals surface area contributed by atoms with Crippen molar-refractivity contribution in [1.82, 2.24) is 9.62 Å². The van der Waals surface area contributed by atoms with E-state index in [-0.39, 0.29) is 12.0 Å². The fourth-order valence-corrected chi connectivity index (χ4v) is 5.50. The van der Waals surface area contributed by atoms with Gasteiger partial charge in [-0.15, -0.1) is 0 Å². The summed E-state index contributed by atoms with van der Waals surface area (Å²) >= 11 is 0. The van der Waals surface area contributed by atoms with Gasteiger partial charge in [0.15, 0.2) is 11.5 Å². The summed E-state index contributed by atoms with van der Waals surface area (Å²) in [6, 6.07) is 14.4. The predicted molar refractivity (Wildman–Crippen MR) is 145 cm³/mol. The summed E-state index contributed by atoms with van der Waals surface area (Å²) in [5.74, 6) is 1.60. The Kier molecular flexibility index (Phi) is 12.1. The highest BCUT2D eigenvalue weighted by Gasteiger charge is 2.22. The predicted octanol–water partition coefficient (Wildman–Crippen LogP) is 3.88. The zero-order chi connectivity index (χ0) is 26.5. The van der Waals surface area contributed by atoms with Crippen molar-refractivity contribution in [2.45, 2.75) is 44.6 Å². The first-order valence-electron chi connectivity index (χ1n) is 13.2. The summed E-state index contributed by atoms with van der Waals surface area (Å²) < 4.78 is 52.0. The number of hydrogen-bond acceptors (Lipinski definition) is 7. The number of hydrogen-bond donors (Lipinski definition) is 1. The molecule has 0 saturated carbocycles. The molecule has 37 heavy (non-hydrogen) atoms. The quantitative estimate of drug-likeness (QED) is 0.550. The molecule has 0 aromatic heterocycles. The molecule has 2 aromatic carbocycles. The summed E-state index contributed by atoms with van der Waals surface area (Å²) in [6.45, 7) is 11.5. The Morgan fingerprint density at radius 3 is 1.95 bits per heavy atom. The maximum absolute atomic E-state index is 12.9. The van der Waals surface area contributed by atoms with Crippen molar-refractivity contribution < 1.29 is 27.4 Å². The normalized spacial score (nSPS) is 17.6. The average molecular weight is 535 g/mol. The summed E-state index contributed by atoms with van der Waals surface area (Å²) in [7, 11) is -3.56. The molecule has 206 valence electrons. The third-order valence-corrected chi connectivity index (χ3v) is 7.86. The minimum Gasteiger partial charge on any atom is -0.487 e. The van der Waals surface area contributed by atoms with Crippen molar-refractivity contribution in [3.05, 3.63) is 54.1 Å². The number of ether oxygens (including phenoxy) is 4. The SMILES string of the molecule is Cc1ccc(S(=O)(=O)NC(CCCN2CCOCCOc3ccccc3OCCOCC2)C(C)C)cc1. The van der Waals surface area contributed by atoms with Crippen LogP contribution in [0.4, 0.5) is 0 Å². The molecular weight excluding hydrogens is 492 g/mol. The van der Waals surface area contributed by atoms with Gasteiger partial charge in [-0.2, -0.15) is 0 Å². The Morgan fingerprint density at radius 2 is 1.41 bits per heavy atom. The summed E-state index contributed by atoms with van der Waals surface area (Å²) in [5, 5.41) is 0. The monoisotopic (exact) mass is 534 g/mol. The summed E-state index contributed by atoms with van der Waals surface area (Å²) in [5.41, 5.74) is 1.03. The van der Waals surface area contributed by atoms with Crippen molar-refractivity contribution in [2.24, 2.45) is 5.92 Å². The van der Waals surface area contributed by atoms with E-state index < -0.39 is 10.0 Å². The Morgan fingerprint density at radius 1 is 0.838 bits per heavy atom. The van der Waals surface area contributed by atoms with Gasteiger partial charge in [-0.3, -0.25) is 4.90 Å². The van der Waals surface area contributed by atoms with Crippen LogP contribution in [0.3, 0.4) is 0 Å². The first-order valence-corrected chi connectivity index (χ1v) is 14.6. The van der Waals surface area contributed by atoms with Gasteiger partial charge in [-0.25, -0.2) is 13.1 Å². The number of rotatable bonds is 8. The van der Waals surface area contributed by atoms with Crippen LogP contribution in [0.1, 0.15) is 32.3 Å². The third-order valence-electron chi connectivity index (χ3n) is 6.36. The minimum absolute atomic E-state index is 0.141. The average Bonchev–Trinajstić information content (AvgIpc) is 2.88. The van der Waals surface area contributed by atoms with Crippen molar-refractivity contribution in [1.29, 1.82) is 0 Å². The van der Waals surface area contributed by atoms with Crippen LogP contribution in [-0.2, 0) is 19.5 Å². The zero-order valence-corrected chi connectivity index (χ0v) is 23.2. The molecule has 9 heteroatoms. The molecule has 0 saturated heterocycles. The van der Waals surface area contributed by atoms with Crippen LogP contribution < -0.4 is 14.2 Å². The molecule has 1 unspecified atom stereocenters. The highest BCUT2D eigenvalue weighted by Crippen LogP contribution is 2.26. The van der Waals surface area contributed by atoms with Crippen LogP contribution in [0.5, 0.6) is 11.5 Å². The first-order chi connectivity index (χ1) is 17.8. The lowest BCUT2D eigenvalue weighted by Crippen LogP contribution is -2.39. The number of nitrogens with zero attached hydrogens (tertiary/aromatic N) is 1. The van der Waals surface area contributed by atoms with Gasteiger partial charge in [-0.1, -0.05) is 43.7 Å². The molecule has 0 bridgehead atoms. The van der Waals surface area contributed by atoms with Crippen LogP contribution in [0.15, 0.2) is 53.4 Å². The van der Waals surface area contributed by atoms with Crippen LogP contribution in [-0.4, -0.2) is 78.6 Å². The number of aryl methyl sites for hydroxylation is 1. The van der Waals surface area contributed by atoms with E-state index in [1.807, 2.05) is 43.3 Å². The smallest absolute Gasteiger partial charge is 0.240 e. The van der Waals surface area contributed by atoms with Gasteiger partial charge in [0, 0.05) is 19.1 Å². The number of fused-ring (bicyclic) bond motifs is 1. The lowest BCUT2D eigenvalue weighted by Gasteiger charge is -2.26. The Bertz CT molecular complexity index is 994. The minimum atomic E-state index is -3.56. The molecule has 0 spiro atoms. The molecule has 0 fully saturated rings. The van der Waals surface area contributed by atoms with Gasteiger partial charge in [0.1, 0.15) is 13.2 Å². The zero-order valence-electron chi connectivity index (χ0n) is 22.4. The van der Waals surface area contributed by atoms with Gasteiger partial charge in [0.05, 0.1) is 31.3 Å². The molecule has 0 amide bonds. The maximum atomic E-state index is 12.9. The summed E-state index contributed by atoms with van der Waals surface area (Å²) in [6.07, 6.45) is 1.61. The van der Waals surface area contributed by atoms with E-state index in [1.165, 1.54) is 0 Å². The topological polar surface area (TPSA) is 86.3 Å². The van der Waals surface area contributed by atoms with Gasteiger partial charge < -0.3 is 18.9 Å². The highest BCUT2D eigenvalue weighted by atomic mass is 32.2. The van der Waals surface area contributed by atoms with Gasteiger partial charge in [0.2, 0.25) is 10.0 Å². The lowest BCUT2D eigenvalue weighted by atomic mass is 10.0. The van der Waals surface area contributed by atoms with Crippen LogP contribution in [0.2, 0.25) is 0 Å². The van der Waals surface area contributed by atoms with Gasteiger partial charge in [-0.05, 0) is 56.5 Å². The van der Waals surface area contributed by atoms with Crippen LogP contribution in [0.25, 0.3) is 0 Å². The maximum Gasteiger partial charge on any atom is 0.240 e. The third kappa shape index (κ3) is 10.2. The van der Waals surface area contributed by atoms with E-state index >= 15 is 0 Å². The van der Waals surface area contributed by atoms with Crippen molar-refractivity contribution >= 4 is 10.0 Å². The molecule has 8 nitrogen and oxygen atoms in total. The van der Waals surface area contributed by atoms with E-state index in [1.54, 1.807) is 12.1 Å². The van der Waals surface area contributed by atoms with Crippen LogP contribution in [0, 0.1) is 12.8 Å². The molecular formula is C28H42N2O6S. The number of nitrogens with one attached hydrogen (secondary N) is 1. The molecule has 3 rings (SSSR count). The van der Waals surface area contributed by atoms with Crippen LogP contribution >= 0.6 is 0 Å². The molecule has 1 N–H and O–H groups in total. The Balaban J connectivity index is 1.49. The van der Waals surface area contributed by atoms with E-state index in [0.29, 0.717) is 56.0 Å². The molecule has 1 heterocycles. The molecule has 0 aliphatic carbocycles. The fourth-order valence-electron chi connectivity index (χ4n) is 4.08. The summed E-state index contributed by atoms with van der Waals surface area (Å²) in [4.78, 5) is 2.61. The number of para-hydroxylation sites is 2. The Labute approximate surface area is 222 Å². The van der Waals surface area contributed by atoms with E-state index in [0.717, 1.165) is 38.0 Å². The van der Waals surface area contributed by atoms with Gasteiger partial charge >= 0.3 is 0 Å². The first kappa shape index (κ1) is 29.4. The van der Waals surface area contributed by atoms with E-state index in [9.17, 15) is 8.42 Å². The molecule has 2 aromatic rings. The van der Waals surface area contributed by atoms with E-state index in [2.05, 4.69) is 23.5 Å². The van der Waals surface area contributed by atoms with E-state index in [4.69, 9.17) is 18.9 Å². The van der Waals surface area contributed by atoms with Crippen molar-refractivity contribution in [3.63, 3.8) is 0 Å². The van der Waals surface area contributed by atoms with Gasteiger partial charge in [0.25, 0.3) is 0 Å². The standard InChI is InChI=1S/C28H42N2O6S/c1-23(2)26(29-37(31,32)25-12-10-24(3)11-13-25)7-6-14-30-15-17-33-19-21-35-27-8-4-5-9-28(27)36-22-20-34-18-16-30/h4-5,8-13,23,26,29H,6-7,14-22H2,1-3H3. The number of benzene rings is 2. The second kappa shape index (κ2) is 15.3. The van der Waals surface area contributed by atoms with Crippen molar-refractivity contribution in [2.75, 3.05) is 59.3 Å².